The molecule has 4 fully saturated rings. The van der Waals surface area contributed by atoms with Crippen LogP contribution in [0.1, 0.15) is 67.7 Å². The summed E-state index contributed by atoms with van der Waals surface area (Å²) in [6.07, 6.45) is 7.81. The number of aromatic amines is 1. The average Bonchev–Trinajstić information content (AvgIpc) is 3.77. The molecule has 7 heterocycles. The SMILES string of the molecule is CNc1cc(C2CCN(CC(=O)N3CCC(C(=O)N4CCN(c5ccc(-c6n[nH]c7ccc(O[C@H](C)c8c(Cl)cncc8Cl)cc67)cn5)CC4)CC3)CC2)ccc1C(=N)N1CCC(=O)NC1=O. The largest absolute Gasteiger partial charge is 0.486 e. The molecular weight excluding hydrogens is 896 g/mol. The molecule has 5 amide bonds. The number of ether oxygens (including phenoxy) is 1. The van der Waals surface area contributed by atoms with E-state index in [1.165, 1.54) is 4.90 Å². The Morgan fingerprint density at radius 2 is 1.63 bits per heavy atom. The van der Waals surface area contributed by atoms with Crippen LogP contribution < -0.4 is 20.3 Å². The van der Waals surface area contributed by atoms with Gasteiger partial charge >= 0.3 is 6.03 Å². The normalized spacial score (nSPS) is 18.3. The highest BCUT2D eigenvalue weighted by Gasteiger charge is 2.34. The average molecular weight is 950 g/mol. The Morgan fingerprint density at radius 3 is 2.31 bits per heavy atom. The summed E-state index contributed by atoms with van der Waals surface area (Å²) in [5.74, 6) is 1.71. The Balaban J connectivity index is 0.712. The molecule has 4 N–H and O–H groups in total. The molecule has 3 aromatic heterocycles. The molecule has 4 aliphatic rings. The van der Waals surface area contributed by atoms with Crippen molar-refractivity contribution in [3.8, 4) is 17.0 Å². The fraction of sp³-hybridized carbons (Fsp3) is 0.417. The molecule has 0 spiro atoms. The third-order valence-corrected chi connectivity index (χ3v) is 14.2. The summed E-state index contributed by atoms with van der Waals surface area (Å²) < 4.78 is 6.25. The molecule has 67 heavy (non-hydrogen) atoms. The quantitative estimate of drug-likeness (QED) is 0.0829. The molecule has 0 bridgehead atoms. The number of carbonyl (C=O) groups is 4. The van der Waals surface area contributed by atoms with E-state index in [-0.39, 0.29) is 42.4 Å². The predicted molar refractivity (Wildman–Crippen MR) is 257 cm³/mol. The summed E-state index contributed by atoms with van der Waals surface area (Å²) in [6.45, 7) is 7.78. The number of imide groups is 1. The van der Waals surface area contributed by atoms with Crippen LogP contribution in [-0.2, 0) is 14.4 Å². The Labute approximate surface area is 398 Å². The Bertz CT molecular complexity index is 2650. The molecular formula is C48H54Cl2N12O5. The summed E-state index contributed by atoms with van der Waals surface area (Å²) in [5.41, 5.74) is 5.65. The molecule has 4 aliphatic heterocycles. The van der Waals surface area contributed by atoms with Crippen molar-refractivity contribution in [2.75, 3.05) is 82.7 Å². The van der Waals surface area contributed by atoms with Crippen LogP contribution in [0.15, 0.2) is 67.1 Å². The molecule has 350 valence electrons. The van der Waals surface area contributed by atoms with Crippen LogP contribution in [0.25, 0.3) is 22.2 Å². The lowest BCUT2D eigenvalue weighted by Gasteiger charge is -2.39. The third kappa shape index (κ3) is 9.90. The summed E-state index contributed by atoms with van der Waals surface area (Å²) in [5, 5.41) is 23.6. The van der Waals surface area contributed by atoms with E-state index in [1.807, 2.05) is 71.5 Å². The van der Waals surface area contributed by atoms with Crippen molar-refractivity contribution in [2.24, 2.45) is 5.92 Å². The zero-order valence-electron chi connectivity index (χ0n) is 37.6. The number of hydrogen-bond donors (Lipinski definition) is 4. The van der Waals surface area contributed by atoms with Gasteiger partial charge in [0.1, 0.15) is 29.2 Å². The third-order valence-electron chi connectivity index (χ3n) is 13.6. The summed E-state index contributed by atoms with van der Waals surface area (Å²) in [6, 6.07) is 15.1. The van der Waals surface area contributed by atoms with Gasteiger partial charge in [0.15, 0.2) is 0 Å². The van der Waals surface area contributed by atoms with Crippen molar-refractivity contribution in [1.82, 2.24) is 45.1 Å². The van der Waals surface area contributed by atoms with Crippen molar-refractivity contribution in [3.05, 3.63) is 93.9 Å². The molecule has 19 heteroatoms. The van der Waals surface area contributed by atoms with E-state index >= 15 is 0 Å². The fourth-order valence-electron chi connectivity index (χ4n) is 9.73. The van der Waals surface area contributed by atoms with Gasteiger partial charge in [0.05, 0.1) is 22.1 Å². The number of amidine groups is 1. The van der Waals surface area contributed by atoms with Crippen molar-refractivity contribution >= 4 is 75.2 Å². The van der Waals surface area contributed by atoms with E-state index in [4.69, 9.17) is 38.3 Å². The van der Waals surface area contributed by atoms with Gasteiger partial charge in [0.2, 0.25) is 17.7 Å². The first-order valence-corrected chi connectivity index (χ1v) is 23.7. The first kappa shape index (κ1) is 45.8. The maximum absolute atomic E-state index is 13.7. The lowest BCUT2D eigenvalue weighted by atomic mass is 9.88. The van der Waals surface area contributed by atoms with Gasteiger partial charge in [-0.25, -0.2) is 9.78 Å². The number of carbonyl (C=O) groups excluding carboxylic acids is 4. The lowest BCUT2D eigenvalue weighted by Crippen LogP contribution is -2.52. The van der Waals surface area contributed by atoms with E-state index in [0.717, 1.165) is 65.2 Å². The number of fused-ring (bicyclic) bond motifs is 1. The predicted octanol–water partition coefficient (Wildman–Crippen LogP) is 6.54. The number of nitrogens with zero attached hydrogens (tertiary/aromatic N) is 8. The second-order valence-electron chi connectivity index (χ2n) is 17.6. The Hall–Kier alpha value is -6.30. The molecule has 4 saturated heterocycles. The van der Waals surface area contributed by atoms with E-state index in [2.05, 4.69) is 35.6 Å². The van der Waals surface area contributed by atoms with Crippen molar-refractivity contribution in [3.63, 3.8) is 0 Å². The number of likely N-dealkylation sites (tertiary alicyclic amines) is 2. The number of amides is 5. The first-order valence-electron chi connectivity index (χ1n) is 22.9. The highest BCUT2D eigenvalue weighted by Crippen LogP contribution is 2.36. The van der Waals surface area contributed by atoms with E-state index in [0.29, 0.717) is 91.5 Å². The van der Waals surface area contributed by atoms with Crippen LogP contribution in [0.4, 0.5) is 16.3 Å². The van der Waals surface area contributed by atoms with E-state index < -0.39 is 12.1 Å². The number of nitrogens with one attached hydrogen (secondary N) is 4. The van der Waals surface area contributed by atoms with Crippen LogP contribution in [0.5, 0.6) is 5.75 Å². The first-order chi connectivity index (χ1) is 32.4. The number of anilines is 2. The number of hydrogen-bond acceptors (Lipinski definition) is 12. The minimum absolute atomic E-state index is 0.0499. The number of halogens is 2. The van der Waals surface area contributed by atoms with Crippen LogP contribution in [0.2, 0.25) is 10.0 Å². The topological polar surface area (TPSA) is 196 Å². The maximum atomic E-state index is 13.7. The molecule has 17 nitrogen and oxygen atoms in total. The van der Waals surface area contributed by atoms with Crippen LogP contribution in [0.3, 0.4) is 0 Å². The number of H-pyrrole nitrogens is 1. The Kier molecular flexibility index (Phi) is 13.6. The monoisotopic (exact) mass is 948 g/mol. The highest BCUT2D eigenvalue weighted by molar-refractivity contribution is 6.35. The smallest absolute Gasteiger partial charge is 0.329 e. The van der Waals surface area contributed by atoms with Gasteiger partial charge in [-0.1, -0.05) is 29.3 Å². The van der Waals surface area contributed by atoms with Gasteiger partial charge in [0.25, 0.3) is 0 Å². The van der Waals surface area contributed by atoms with Crippen LogP contribution in [0, 0.1) is 11.3 Å². The van der Waals surface area contributed by atoms with Gasteiger partial charge in [-0.2, -0.15) is 5.10 Å². The molecule has 0 unspecified atom stereocenters. The molecule has 9 rings (SSSR count). The van der Waals surface area contributed by atoms with Gasteiger partial charge < -0.3 is 24.8 Å². The van der Waals surface area contributed by atoms with Crippen molar-refractivity contribution < 1.29 is 23.9 Å². The van der Waals surface area contributed by atoms with Crippen molar-refractivity contribution in [1.29, 1.82) is 5.41 Å². The highest BCUT2D eigenvalue weighted by atomic mass is 35.5. The molecule has 5 aromatic rings. The minimum Gasteiger partial charge on any atom is -0.486 e. The number of aromatic nitrogens is 4. The summed E-state index contributed by atoms with van der Waals surface area (Å²) in [4.78, 5) is 69.6. The fourth-order valence-corrected chi connectivity index (χ4v) is 10.4. The number of piperazine rings is 1. The number of urea groups is 1. The Morgan fingerprint density at radius 1 is 0.881 bits per heavy atom. The minimum atomic E-state index is -0.577. The van der Waals surface area contributed by atoms with Gasteiger partial charge in [0, 0.05) is 112 Å². The summed E-state index contributed by atoms with van der Waals surface area (Å²) >= 11 is 12.8. The zero-order chi connectivity index (χ0) is 46.8. The van der Waals surface area contributed by atoms with E-state index in [9.17, 15) is 19.2 Å². The number of rotatable bonds is 11. The van der Waals surface area contributed by atoms with Gasteiger partial charge in [-0.05, 0) is 99.6 Å². The van der Waals surface area contributed by atoms with E-state index in [1.54, 1.807) is 19.4 Å². The van der Waals surface area contributed by atoms with Crippen molar-refractivity contribution in [2.45, 2.75) is 51.0 Å². The molecule has 0 aliphatic carbocycles. The molecule has 0 radical (unpaired) electrons. The maximum Gasteiger partial charge on any atom is 0.329 e. The number of pyridine rings is 2. The van der Waals surface area contributed by atoms with Gasteiger partial charge in [-0.3, -0.25) is 45.0 Å². The lowest BCUT2D eigenvalue weighted by molar-refractivity contribution is -0.141. The van der Waals surface area contributed by atoms with Crippen LogP contribution in [-0.4, -0.2) is 142 Å². The molecule has 0 saturated carbocycles. The summed E-state index contributed by atoms with van der Waals surface area (Å²) in [7, 11) is 1.79. The molecule has 2 aromatic carbocycles. The zero-order valence-corrected chi connectivity index (χ0v) is 39.1. The standard InChI is InChI=1S/C48H54Cl2N12O5/c1-29(44-37(49)26-53-27-38(44)50)67-34-5-7-39-36(24-34)45(57-56-39)33-4-8-41(54-25-33)59-19-21-61(22-20-59)47(65)31-11-16-60(17-12-31)43(64)28-58-14-9-30(10-15-58)32-3-6-35(40(23-32)52-2)46(51)62-18-13-42(63)55-48(62)66/h3-8,23-27,29-31,51-52H,9-22,28H2,1-2H3,(H,56,57)(H,55,63,66)/t29-/m1/s1. The second kappa shape index (κ2) is 19.9. The molecule has 1 atom stereocenters. The second-order valence-corrected chi connectivity index (χ2v) is 18.5. The van der Waals surface area contributed by atoms with Gasteiger partial charge in [-0.15, -0.1) is 0 Å². The number of piperidine rings is 2. The van der Waals surface area contributed by atoms with Crippen LogP contribution >= 0.6 is 23.2 Å². The number of benzene rings is 2.